The third kappa shape index (κ3) is 4.40. The topological polar surface area (TPSA) is 41.5 Å². The minimum atomic E-state index is -0.124. The Balaban J connectivity index is 1.43. The summed E-state index contributed by atoms with van der Waals surface area (Å²) in [5.41, 5.74) is 0. The molecule has 2 saturated carbocycles. The molecule has 0 unspecified atom stereocenters. The summed E-state index contributed by atoms with van der Waals surface area (Å²) in [6.45, 7) is 2.81. The van der Waals surface area contributed by atoms with E-state index in [1.165, 1.54) is 25.7 Å². The van der Waals surface area contributed by atoms with Gasteiger partial charge in [-0.1, -0.05) is 12.8 Å². The highest BCUT2D eigenvalue weighted by molar-refractivity contribution is 4.80. The molecule has 2 N–H and O–H groups in total. The summed E-state index contributed by atoms with van der Waals surface area (Å²) < 4.78 is 5.57. The van der Waals surface area contributed by atoms with Crippen molar-refractivity contribution in [3.05, 3.63) is 0 Å². The molecule has 16 heavy (non-hydrogen) atoms. The standard InChI is InChI=1S/C13H25NO2/c15-13-5-2-1-4-12(13)14-8-3-9-16-10-11-6-7-11/h11-15H,1-10H2/t12-,13-/m1/s1. The van der Waals surface area contributed by atoms with Crippen molar-refractivity contribution in [3.8, 4) is 0 Å². The van der Waals surface area contributed by atoms with Gasteiger partial charge in [-0.05, 0) is 44.6 Å². The van der Waals surface area contributed by atoms with Crippen molar-refractivity contribution in [1.82, 2.24) is 5.32 Å². The molecule has 0 aromatic rings. The zero-order valence-corrected chi connectivity index (χ0v) is 10.2. The quantitative estimate of drug-likeness (QED) is 0.650. The first kappa shape index (κ1) is 12.3. The van der Waals surface area contributed by atoms with Gasteiger partial charge in [-0.3, -0.25) is 0 Å². The van der Waals surface area contributed by atoms with Gasteiger partial charge in [0.2, 0.25) is 0 Å². The molecule has 0 bridgehead atoms. The molecule has 2 aliphatic rings. The van der Waals surface area contributed by atoms with Gasteiger partial charge >= 0.3 is 0 Å². The minimum absolute atomic E-state index is 0.124. The molecule has 0 aromatic heterocycles. The zero-order valence-electron chi connectivity index (χ0n) is 10.2. The number of rotatable bonds is 7. The summed E-state index contributed by atoms with van der Waals surface area (Å²) in [4.78, 5) is 0. The van der Waals surface area contributed by atoms with E-state index in [-0.39, 0.29) is 6.10 Å². The maximum absolute atomic E-state index is 9.76. The van der Waals surface area contributed by atoms with Gasteiger partial charge in [-0.15, -0.1) is 0 Å². The largest absolute Gasteiger partial charge is 0.392 e. The van der Waals surface area contributed by atoms with E-state index in [2.05, 4.69) is 5.32 Å². The third-order valence-electron chi connectivity index (χ3n) is 3.65. The molecule has 2 fully saturated rings. The van der Waals surface area contributed by atoms with Crippen molar-refractivity contribution in [2.75, 3.05) is 19.8 Å². The summed E-state index contributed by atoms with van der Waals surface area (Å²) in [5.74, 6) is 0.869. The lowest BCUT2D eigenvalue weighted by Gasteiger charge is -2.28. The predicted molar refractivity (Wildman–Crippen MR) is 64.4 cm³/mol. The van der Waals surface area contributed by atoms with E-state index in [0.29, 0.717) is 6.04 Å². The minimum Gasteiger partial charge on any atom is -0.392 e. The second-order valence-corrected chi connectivity index (χ2v) is 5.28. The molecule has 94 valence electrons. The molecule has 0 heterocycles. The third-order valence-corrected chi connectivity index (χ3v) is 3.65. The maximum Gasteiger partial charge on any atom is 0.0693 e. The number of ether oxygens (including phenoxy) is 1. The zero-order chi connectivity index (χ0) is 11.2. The van der Waals surface area contributed by atoms with Crippen LogP contribution in [0.4, 0.5) is 0 Å². The normalized spacial score (nSPS) is 30.6. The van der Waals surface area contributed by atoms with Gasteiger partial charge in [0.1, 0.15) is 0 Å². The van der Waals surface area contributed by atoms with E-state index in [1.807, 2.05) is 0 Å². The molecule has 0 aromatic carbocycles. The highest BCUT2D eigenvalue weighted by atomic mass is 16.5. The van der Waals surface area contributed by atoms with Crippen molar-refractivity contribution in [2.24, 2.45) is 5.92 Å². The Morgan fingerprint density at radius 3 is 2.69 bits per heavy atom. The van der Waals surface area contributed by atoms with E-state index in [4.69, 9.17) is 4.74 Å². The van der Waals surface area contributed by atoms with Gasteiger partial charge in [-0.2, -0.15) is 0 Å². The van der Waals surface area contributed by atoms with Gasteiger partial charge < -0.3 is 15.2 Å². The molecule has 2 rings (SSSR count). The van der Waals surface area contributed by atoms with Crippen LogP contribution in [0, 0.1) is 5.92 Å². The van der Waals surface area contributed by atoms with Crippen LogP contribution < -0.4 is 5.32 Å². The van der Waals surface area contributed by atoms with E-state index in [9.17, 15) is 5.11 Å². The van der Waals surface area contributed by atoms with Crippen LogP contribution in [0.25, 0.3) is 0 Å². The van der Waals surface area contributed by atoms with E-state index < -0.39 is 0 Å². The van der Waals surface area contributed by atoms with Gasteiger partial charge in [0, 0.05) is 19.3 Å². The highest BCUT2D eigenvalue weighted by Gasteiger charge is 2.22. The van der Waals surface area contributed by atoms with Crippen molar-refractivity contribution < 1.29 is 9.84 Å². The van der Waals surface area contributed by atoms with Crippen LogP contribution in [0.5, 0.6) is 0 Å². The molecule has 3 nitrogen and oxygen atoms in total. The Hall–Kier alpha value is -0.120. The number of aliphatic hydroxyl groups excluding tert-OH is 1. The van der Waals surface area contributed by atoms with Crippen LogP contribution in [0.1, 0.15) is 44.9 Å². The second kappa shape index (κ2) is 6.58. The van der Waals surface area contributed by atoms with Crippen LogP contribution in [-0.2, 0) is 4.74 Å². The molecule has 0 amide bonds. The Bertz CT molecular complexity index is 194. The molecule has 0 saturated heterocycles. The molecule has 0 spiro atoms. The fraction of sp³-hybridized carbons (Fsp3) is 1.00. The Kier molecular flexibility index (Phi) is 5.07. The highest BCUT2D eigenvalue weighted by Crippen LogP contribution is 2.28. The monoisotopic (exact) mass is 227 g/mol. The van der Waals surface area contributed by atoms with Gasteiger partial charge in [-0.25, -0.2) is 0 Å². The van der Waals surface area contributed by atoms with Gasteiger partial charge in [0.05, 0.1) is 6.10 Å². The predicted octanol–water partition coefficient (Wildman–Crippen LogP) is 1.70. The number of hydrogen-bond donors (Lipinski definition) is 2. The molecule has 3 heteroatoms. The Morgan fingerprint density at radius 2 is 1.94 bits per heavy atom. The average Bonchev–Trinajstić information content (AvgIpc) is 3.09. The first-order valence-corrected chi connectivity index (χ1v) is 6.85. The first-order valence-electron chi connectivity index (χ1n) is 6.85. The smallest absolute Gasteiger partial charge is 0.0693 e. The summed E-state index contributed by atoms with van der Waals surface area (Å²) in [6.07, 6.45) is 8.22. The lowest BCUT2D eigenvalue weighted by atomic mass is 9.92. The lowest BCUT2D eigenvalue weighted by molar-refractivity contribution is 0.0860. The van der Waals surface area contributed by atoms with Gasteiger partial charge in [0.15, 0.2) is 0 Å². The molecule has 0 aliphatic heterocycles. The van der Waals surface area contributed by atoms with E-state index >= 15 is 0 Å². The van der Waals surface area contributed by atoms with Gasteiger partial charge in [0.25, 0.3) is 0 Å². The summed E-state index contributed by atoms with van der Waals surface area (Å²) in [7, 11) is 0. The van der Waals surface area contributed by atoms with Crippen LogP contribution in [0.2, 0.25) is 0 Å². The number of nitrogens with one attached hydrogen (secondary N) is 1. The fourth-order valence-corrected chi connectivity index (χ4v) is 2.35. The van der Waals surface area contributed by atoms with Crippen LogP contribution in [0.3, 0.4) is 0 Å². The molecule has 0 radical (unpaired) electrons. The molecule has 2 aliphatic carbocycles. The Morgan fingerprint density at radius 1 is 1.12 bits per heavy atom. The summed E-state index contributed by atoms with van der Waals surface area (Å²) in [6, 6.07) is 0.331. The van der Waals surface area contributed by atoms with Crippen LogP contribution >= 0.6 is 0 Å². The van der Waals surface area contributed by atoms with E-state index in [1.54, 1.807) is 0 Å². The first-order chi connectivity index (χ1) is 7.86. The molecular weight excluding hydrogens is 202 g/mol. The van der Waals surface area contributed by atoms with Crippen molar-refractivity contribution >= 4 is 0 Å². The second-order valence-electron chi connectivity index (χ2n) is 5.28. The lowest BCUT2D eigenvalue weighted by Crippen LogP contribution is -2.42. The molecule has 2 atom stereocenters. The maximum atomic E-state index is 9.76. The number of aliphatic hydroxyl groups is 1. The average molecular weight is 227 g/mol. The van der Waals surface area contributed by atoms with Crippen LogP contribution in [0.15, 0.2) is 0 Å². The Labute approximate surface area is 98.6 Å². The van der Waals surface area contributed by atoms with Crippen molar-refractivity contribution in [2.45, 2.75) is 57.1 Å². The van der Waals surface area contributed by atoms with Crippen molar-refractivity contribution in [3.63, 3.8) is 0 Å². The summed E-state index contributed by atoms with van der Waals surface area (Å²) >= 11 is 0. The molecular formula is C13H25NO2. The number of hydrogen-bond acceptors (Lipinski definition) is 3. The van der Waals surface area contributed by atoms with Crippen molar-refractivity contribution in [1.29, 1.82) is 0 Å². The van der Waals surface area contributed by atoms with E-state index in [0.717, 1.165) is 44.9 Å². The fourth-order valence-electron chi connectivity index (χ4n) is 2.35. The van der Waals surface area contributed by atoms with Crippen LogP contribution in [-0.4, -0.2) is 37.0 Å². The SMILES string of the molecule is O[C@@H]1CCCC[C@H]1NCCCOCC1CC1. The summed E-state index contributed by atoms with van der Waals surface area (Å²) in [5, 5.41) is 13.2.